The van der Waals surface area contributed by atoms with Crippen molar-refractivity contribution in [1.82, 2.24) is 0 Å². The lowest BCUT2D eigenvalue weighted by atomic mass is 10.1. The molecule has 1 amide bonds. The zero-order valence-electron chi connectivity index (χ0n) is 7.41. The lowest BCUT2D eigenvalue weighted by Gasteiger charge is -2.04. The van der Waals surface area contributed by atoms with E-state index in [9.17, 15) is 9.59 Å². The number of hydrogen-bond donors (Lipinski definition) is 1. The summed E-state index contributed by atoms with van der Waals surface area (Å²) in [5, 5.41) is 2.49. The second kappa shape index (κ2) is 4.40. The van der Waals surface area contributed by atoms with E-state index in [2.05, 4.69) is 5.32 Å². The summed E-state index contributed by atoms with van der Waals surface area (Å²) in [5.41, 5.74) is 1.14. The van der Waals surface area contributed by atoms with Crippen LogP contribution in [0.1, 0.15) is 23.7 Å². The first-order valence-corrected chi connectivity index (χ1v) is 4.12. The second-order valence-corrected chi connectivity index (χ2v) is 2.58. The predicted octanol–water partition coefficient (Wildman–Crippen LogP) is 1.85. The largest absolute Gasteiger partial charge is 0.328 e. The number of amides is 1. The van der Waals surface area contributed by atoms with Crippen molar-refractivity contribution in [1.29, 1.82) is 0 Å². The van der Waals surface area contributed by atoms with Crippen LogP contribution in [0.2, 0.25) is 0 Å². The van der Waals surface area contributed by atoms with Gasteiger partial charge in [-0.2, -0.15) is 0 Å². The number of carbonyl (C=O) groups excluding carboxylic acids is 2. The van der Waals surface area contributed by atoms with Gasteiger partial charge < -0.3 is 5.32 Å². The number of anilines is 1. The van der Waals surface area contributed by atoms with Gasteiger partial charge in [0.15, 0.2) is 5.78 Å². The number of Topliss-reactive ketones (excluding diaryl/α,β-unsaturated/α-hetero) is 1. The van der Waals surface area contributed by atoms with Gasteiger partial charge in [0, 0.05) is 12.0 Å². The van der Waals surface area contributed by atoms with Crippen LogP contribution in [0.15, 0.2) is 24.3 Å². The van der Waals surface area contributed by atoms with E-state index in [0.29, 0.717) is 24.1 Å². The number of para-hydroxylation sites is 1. The van der Waals surface area contributed by atoms with Crippen LogP contribution in [0, 0.1) is 0 Å². The summed E-state index contributed by atoms with van der Waals surface area (Å²) in [6, 6.07) is 6.96. The third kappa shape index (κ3) is 2.15. The molecule has 68 valence electrons. The minimum Gasteiger partial charge on any atom is -0.328 e. The quantitative estimate of drug-likeness (QED) is 0.563. The maximum Gasteiger partial charge on any atom is 0.211 e. The Morgan fingerprint density at radius 3 is 2.77 bits per heavy atom. The lowest BCUT2D eigenvalue weighted by molar-refractivity contribution is -0.105. The van der Waals surface area contributed by atoms with Gasteiger partial charge in [0.1, 0.15) is 0 Å². The van der Waals surface area contributed by atoms with Crippen molar-refractivity contribution >= 4 is 17.9 Å². The van der Waals surface area contributed by atoms with Crippen LogP contribution < -0.4 is 5.32 Å². The van der Waals surface area contributed by atoms with Crippen molar-refractivity contribution in [2.45, 2.75) is 13.3 Å². The molecule has 0 fully saturated rings. The molecule has 0 aliphatic heterocycles. The maximum absolute atomic E-state index is 11.4. The Bertz CT molecular complexity index is 320. The molecule has 1 rings (SSSR count). The summed E-state index contributed by atoms with van der Waals surface area (Å²) in [7, 11) is 0. The Morgan fingerprint density at radius 2 is 2.15 bits per heavy atom. The molecule has 3 nitrogen and oxygen atoms in total. The van der Waals surface area contributed by atoms with Crippen LogP contribution in [-0.4, -0.2) is 12.2 Å². The molecule has 0 radical (unpaired) electrons. The monoisotopic (exact) mass is 177 g/mol. The number of benzene rings is 1. The highest BCUT2D eigenvalue weighted by Crippen LogP contribution is 2.15. The Labute approximate surface area is 76.8 Å². The van der Waals surface area contributed by atoms with E-state index in [1.807, 2.05) is 0 Å². The third-order valence-electron chi connectivity index (χ3n) is 1.76. The highest BCUT2D eigenvalue weighted by Gasteiger charge is 2.07. The topological polar surface area (TPSA) is 46.2 Å². The SMILES string of the molecule is CCC(=O)c1ccccc1NC=O. The summed E-state index contributed by atoms with van der Waals surface area (Å²) in [5.74, 6) is 0.0324. The van der Waals surface area contributed by atoms with Crippen LogP contribution in [0.4, 0.5) is 5.69 Å². The Hall–Kier alpha value is -1.64. The summed E-state index contributed by atoms with van der Waals surface area (Å²) in [6.45, 7) is 1.79. The van der Waals surface area contributed by atoms with E-state index in [0.717, 1.165) is 0 Å². The van der Waals surface area contributed by atoms with Gasteiger partial charge in [-0.25, -0.2) is 0 Å². The average molecular weight is 177 g/mol. The first-order valence-electron chi connectivity index (χ1n) is 4.12. The summed E-state index contributed by atoms with van der Waals surface area (Å²) in [4.78, 5) is 21.6. The first kappa shape index (κ1) is 9.45. The third-order valence-corrected chi connectivity index (χ3v) is 1.76. The molecule has 0 aliphatic rings. The Morgan fingerprint density at radius 1 is 1.46 bits per heavy atom. The van der Waals surface area contributed by atoms with Crippen molar-refractivity contribution in [3.05, 3.63) is 29.8 Å². The molecule has 0 atom stereocenters. The highest BCUT2D eigenvalue weighted by molar-refractivity contribution is 6.02. The molecule has 0 aliphatic carbocycles. The van der Waals surface area contributed by atoms with Crippen molar-refractivity contribution in [2.75, 3.05) is 5.32 Å². The van der Waals surface area contributed by atoms with Crippen LogP contribution in [-0.2, 0) is 4.79 Å². The van der Waals surface area contributed by atoms with Gasteiger partial charge in [0.2, 0.25) is 6.41 Å². The normalized spacial score (nSPS) is 9.31. The fraction of sp³-hybridized carbons (Fsp3) is 0.200. The van der Waals surface area contributed by atoms with E-state index < -0.39 is 0 Å². The molecule has 0 saturated carbocycles. The predicted molar refractivity (Wildman–Crippen MR) is 50.8 cm³/mol. The van der Waals surface area contributed by atoms with E-state index in [4.69, 9.17) is 0 Å². The Kier molecular flexibility index (Phi) is 3.20. The van der Waals surface area contributed by atoms with Gasteiger partial charge in [0.05, 0.1) is 5.69 Å². The molecule has 0 aromatic heterocycles. The van der Waals surface area contributed by atoms with Gasteiger partial charge in [-0.1, -0.05) is 19.1 Å². The van der Waals surface area contributed by atoms with E-state index in [-0.39, 0.29) is 5.78 Å². The molecule has 3 heteroatoms. The van der Waals surface area contributed by atoms with Crippen molar-refractivity contribution in [2.24, 2.45) is 0 Å². The maximum atomic E-state index is 11.4. The molecule has 0 unspecified atom stereocenters. The number of nitrogens with one attached hydrogen (secondary N) is 1. The van der Waals surface area contributed by atoms with Crippen molar-refractivity contribution in [3.8, 4) is 0 Å². The molecular formula is C10H11NO2. The van der Waals surface area contributed by atoms with Crippen LogP contribution >= 0.6 is 0 Å². The zero-order chi connectivity index (χ0) is 9.68. The number of carbonyl (C=O) groups is 2. The minimum absolute atomic E-state index is 0.0324. The van der Waals surface area contributed by atoms with Crippen molar-refractivity contribution in [3.63, 3.8) is 0 Å². The standard InChI is InChI=1S/C10H11NO2/c1-2-10(13)8-5-3-4-6-9(8)11-7-12/h3-7H,2H2,1H3,(H,11,12). The second-order valence-electron chi connectivity index (χ2n) is 2.58. The highest BCUT2D eigenvalue weighted by atomic mass is 16.1. The van der Waals surface area contributed by atoms with Gasteiger partial charge in [0.25, 0.3) is 0 Å². The first-order chi connectivity index (χ1) is 6.29. The zero-order valence-corrected chi connectivity index (χ0v) is 7.41. The van der Waals surface area contributed by atoms with Gasteiger partial charge >= 0.3 is 0 Å². The van der Waals surface area contributed by atoms with Crippen LogP contribution in [0.5, 0.6) is 0 Å². The fourth-order valence-electron chi connectivity index (χ4n) is 1.11. The minimum atomic E-state index is 0.0324. The smallest absolute Gasteiger partial charge is 0.211 e. The lowest BCUT2D eigenvalue weighted by Crippen LogP contribution is -2.03. The van der Waals surface area contributed by atoms with Crippen LogP contribution in [0.25, 0.3) is 0 Å². The van der Waals surface area contributed by atoms with E-state index >= 15 is 0 Å². The molecule has 13 heavy (non-hydrogen) atoms. The molecule has 1 aromatic carbocycles. The summed E-state index contributed by atoms with van der Waals surface area (Å²) in [6.07, 6.45) is 1.01. The number of rotatable bonds is 4. The fourth-order valence-corrected chi connectivity index (χ4v) is 1.11. The molecule has 1 aromatic rings. The molecular weight excluding hydrogens is 166 g/mol. The summed E-state index contributed by atoms with van der Waals surface area (Å²) < 4.78 is 0. The number of hydrogen-bond acceptors (Lipinski definition) is 2. The molecule has 0 saturated heterocycles. The summed E-state index contributed by atoms with van der Waals surface area (Å²) >= 11 is 0. The molecule has 0 bridgehead atoms. The molecule has 1 N–H and O–H groups in total. The molecule has 0 heterocycles. The number of ketones is 1. The van der Waals surface area contributed by atoms with Crippen LogP contribution in [0.3, 0.4) is 0 Å². The van der Waals surface area contributed by atoms with E-state index in [1.54, 1.807) is 31.2 Å². The van der Waals surface area contributed by atoms with Gasteiger partial charge in [-0.15, -0.1) is 0 Å². The van der Waals surface area contributed by atoms with Gasteiger partial charge in [-0.3, -0.25) is 9.59 Å². The van der Waals surface area contributed by atoms with Crippen molar-refractivity contribution < 1.29 is 9.59 Å². The van der Waals surface area contributed by atoms with Gasteiger partial charge in [-0.05, 0) is 12.1 Å². The molecule has 0 spiro atoms. The average Bonchev–Trinajstić information content (AvgIpc) is 2.18. The Balaban J connectivity index is 3.03. The van der Waals surface area contributed by atoms with E-state index in [1.165, 1.54) is 0 Å².